The molecule has 1 amide bonds. The van der Waals surface area contributed by atoms with Crippen LogP contribution in [-0.2, 0) is 11.0 Å². The SMILES string of the molecule is N#CC1(C(=O)Nc2nc(-c3cccc(C(F)(F)F)c3)cs2)CCCC1. The number of nitrogens with one attached hydrogen (secondary N) is 1. The highest BCUT2D eigenvalue weighted by molar-refractivity contribution is 7.14. The second kappa shape index (κ2) is 6.48. The molecular weight excluding hydrogens is 351 g/mol. The number of benzene rings is 1. The van der Waals surface area contributed by atoms with E-state index in [1.165, 1.54) is 12.1 Å². The minimum atomic E-state index is -4.43. The Bertz CT molecular complexity index is 832. The Labute approximate surface area is 146 Å². The van der Waals surface area contributed by atoms with Gasteiger partial charge in [0.25, 0.3) is 0 Å². The number of hydrogen-bond donors (Lipinski definition) is 1. The molecule has 0 radical (unpaired) electrons. The zero-order valence-corrected chi connectivity index (χ0v) is 13.9. The van der Waals surface area contributed by atoms with Crippen LogP contribution in [0, 0.1) is 16.7 Å². The predicted octanol–water partition coefficient (Wildman–Crippen LogP) is 4.85. The number of nitriles is 1. The lowest BCUT2D eigenvalue weighted by Crippen LogP contribution is -2.32. The van der Waals surface area contributed by atoms with Gasteiger partial charge in [-0.3, -0.25) is 4.79 Å². The summed E-state index contributed by atoms with van der Waals surface area (Å²) >= 11 is 1.12. The molecule has 0 spiro atoms. The fraction of sp³-hybridized carbons (Fsp3) is 0.353. The molecule has 2 aromatic rings. The molecule has 0 atom stereocenters. The summed E-state index contributed by atoms with van der Waals surface area (Å²) in [6.45, 7) is 0. The van der Waals surface area contributed by atoms with Crippen LogP contribution in [0.1, 0.15) is 31.2 Å². The normalized spacial score (nSPS) is 16.4. The van der Waals surface area contributed by atoms with E-state index in [1.54, 1.807) is 5.38 Å². The third-order valence-corrected chi connectivity index (χ3v) is 5.07. The molecule has 1 N–H and O–H groups in total. The lowest BCUT2D eigenvalue weighted by molar-refractivity contribution is -0.137. The molecule has 1 heterocycles. The third-order valence-electron chi connectivity index (χ3n) is 4.32. The molecule has 1 aromatic heterocycles. The molecule has 4 nitrogen and oxygen atoms in total. The molecule has 1 fully saturated rings. The van der Waals surface area contributed by atoms with Crippen molar-refractivity contribution in [2.45, 2.75) is 31.9 Å². The first kappa shape index (κ1) is 17.4. The molecule has 1 aliphatic carbocycles. The number of amides is 1. The average Bonchev–Trinajstić information content (AvgIpc) is 3.24. The van der Waals surface area contributed by atoms with Crippen LogP contribution in [0.2, 0.25) is 0 Å². The molecule has 25 heavy (non-hydrogen) atoms. The van der Waals surface area contributed by atoms with E-state index in [9.17, 15) is 23.2 Å². The second-order valence-corrected chi connectivity index (χ2v) is 6.83. The van der Waals surface area contributed by atoms with Gasteiger partial charge >= 0.3 is 6.18 Å². The maximum Gasteiger partial charge on any atom is 0.416 e. The third kappa shape index (κ3) is 3.51. The van der Waals surface area contributed by atoms with Crippen molar-refractivity contribution in [2.24, 2.45) is 5.41 Å². The minimum absolute atomic E-state index is 0.277. The summed E-state index contributed by atoms with van der Waals surface area (Å²) in [5, 5.41) is 13.8. The Morgan fingerprint density at radius 3 is 2.68 bits per heavy atom. The van der Waals surface area contributed by atoms with E-state index in [0.717, 1.165) is 36.3 Å². The van der Waals surface area contributed by atoms with Crippen molar-refractivity contribution >= 4 is 22.4 Å². The van der Waals surface area contributed by atoms with Crippen molar-refractivity contribution in [1.82, 2.24) is 4.98 Å². The van der Waals surface area contributed by atoms with Gasteiger partial charge in [-0.05, 0) is 25.0 Å². The summed E-state index contributed by atoms with van der Waals surface area (Å²) in [6, 6.07) is 6.97. The van der Waals surface area contributed by atoms with Gasteiger partial charge in [0, 0.05) is 10.9 Å². The summed E-state index contributed by atoms with van der Waals surface area (Å²) in [5.41, 5.74) is -1.11. The number of hydrogen-bond acceptors (Lipinski definition) is 4. The first-order chi connectivity index (χ1) is 11.8. The molecule has 0 saturated heterocycles. The van der Waals surface area contributed by atoms with E-state index in [2.05, 4.69) is 16.4 Å². The molecule has 3 rings (SSSR count). The van der Waals surface area contributed by atoms with E-state index in [0.29, 0.717) is 24.1 Å². The average molecular weight is 365 g/mol. The van der Waals surface area contributed by atoms with Crippen LogP contribution >= 0.6 is 11.3 Å². The minimum Gasteiger partial charge on any atom is -0.301 e. The number of alkyl halides is 3. The lowest BCUT2D eigenvalue weighted by Gasteiger charge is -2.17. The summed E-state index contributed by atoms with van der Waals surface area (Å²) < 4.78 is 38.4. The number of carbonyl (C=O) groups is 1. The molecule has 1 saturated carbocycles. The van der Waals surface area contributed by atoms with Crippen LogP contribution in [0.3, 0.4) is 0 Å². The molecule has 1 aliphatic rings. The van der Waals surface area contributed by atoms with Crippen LogP contribution in [-0.4, -0.2) is 10.9 Å². The van der Waals surface area contributed by atoms with Gasteiger partial charge in [0.15, 0.2) is 5.13 Å². The summed E-state index contributed by atoms with van der Waals surface area (Å²) in [4.78, 5) is 16.6. The zero-order chi connectivity index (χ0) is 18.1. The van der Waals surface area contributed by atoms with Crippen molar-refractivity contribution in [3.8, 4) is 17.3 Å². The molecule has 0 bridgehead atoms. The van der Waals surface area contributed by atoms with Gasteiger partial charge in [-0.2, -0.15) is 18.4 Å². The van der Waals surface area contributed by atoms with Crippen molar-refractivity contribution in [1.29, 1.82) is 5.26 Å². The van der Waals surface area contributed by atoms with E-state index >= 15 is 0 Å². The monoisotopic (exact) mass is 365 g/mol. The van der Waals surface area contributed by atoms with Crippen molar-refractivity contribution < 1.29 is 18.0 Å². The van der Waals surface area contributed by atoms with Gasteiger partial charge in [0.2, 0.25) is 5.91 Å². The summed E-state index contributed by atoms with van der Waals surface area (Å²) in [7, 11) is 0. The smallest absolute Gasteiger partial charge is 0.301 e. The number of carbonyl (C=O) groups excluding carboxylic acids is 1. The largest absolute Gasteiger partial charge is 0.416 e. The topological polar surface area (TPSA) is 65.8 Å². The first-order valence-corrected chi connectivity index (χ1v) is 8.58. The molecule has 130 valence electrons. The highest BCUT2D eigenvalue weighted by atomic mass is 32.1. The Hall–Kier alpha value is -2.40. The number of halogens is 3. The van der Waals surface area contributed by atoms with Crippen LogP contribution in [0.25, 0.3) is 11.3 Å². The van der Waals surface area contributed by atoms with Gasteiger partial charge in [-0.25, -0.2) is 4.98 Å². The molecule has 1 aromatic carbocycles. The first-order valence-electron chi connectivity index (χ1n) is 7.70. The number of anilines is 1. The molecule has 0 unspecified atom stereocenters. The molecule has 0 aliphatic heterocycles. The Balaban J connectivity index is 1.79. The van der Waals surface area contributed by atoms with Gasteiger partial charge < -0.3 is 5.32 Å². The Morgan fingerprint density at radius 1 is 1.32 bits per heavy atom. The number of thiazole rings is 1. The van der Waals surface area contributed by atoms with Gasteiger partial charge in [-0.15, -0.1) is 11.3 Å². The van der Waals surface area contributed by atoms with Crippen LogP contribution < -0.4 is 5.32 Å². The zero-order valence-electron chi connectivity index (χ0n) is 13.1. The summed E-state index contributed by atoms with van der Waals surface area (Å²) in [5.74, 6) is -0.391. The molecular formula is C17H14F3N3OS. The number of rotatable bonds is 3. The number of nitrogens with zero attached hydrogens (tertiary/aromatic N) is 2. The van der Waals surface area contributed by atoms with Gasteiger partial charge in [0.05, 0.1) is 17.3 Å². The maximum atomic E-state index is 12.8. The van der Waals surface area contributed by atoms with E-state index in [4.69, 9.17) is 0 Å². The van der Waals surface area contributed by atoms with E-state index in [1.807, 2.05) is 0 Å². The van der Waals surface area contributed by atoms with Gasteiger partial charge in [-0.1, -0.05) is 25.0 Å². The van der Waals surface area contributed by atoms with Crippen molar-refractivity contribution in [2.75, 3.05) is 5.32 Å². The number of aromatic nitrogens is 1. The highest BCUT2D eigenvalue weighted by Crippen LogP contribution is 2.39. The van der Waals surface area contributed by atoms with Crippen molar-refractivity contribution in [3.05, 3.63) is 35.2 Å². The standard InChI is InChI=1S/C17H14F3N3OS/c18-17(19,20)12-5-3-4-11(8-12)13-9-25-15(22-13)23-14(24)16(10-21)6-1-2-7-16/h3-5,8-9H,1-2,6-7H2,(H,22,23,24). The van der Waals surface area contributed by atoms with E-state index in [-0.39, 0.29) is 5.13 Å². The quantitative estimate of drug-likeness (QED) is 0.845. The maximum absolute atomic E-state index is 12.8. The van der Waals surface area contributed by atoms with Crippen molar-refractivity contribution in [3.63, 3.8) is 0 Å². The van der Waals surface area contributed by atoms with E-state index < -0.39 is 23.1 Å². The summed E-state index contributed by atoms with van der Waals surface area (Å²) in [6.07, 6.45) is -1.74. The van der Waals surface area contributed by atoms with Gasteiger partial charge in [0.1, 0.15) is 5.41 Å². The Morgan fingerprint density at radius 2 is 2.04 bits per heavy atom. The fourth-order valence-corrected chi connectivity index (χ4v) is 3.62. The van der Waals surface area contributed by atoms with Crippen LogP contribution in [0.5, 0.6) is 0 Å². The Kier molecular flexibility index (Phi) is 4.52. The second-order valence-electron chi connectivity index (χ2n) is 5.97. The molecule has 8 heteroatoms. The predicted molar refractivity (Wildman–Crippen MR) is 87.7 cm³/mol. The fourth-order valence-electron chi connectivity index (χ4n) is 2.90. The lowest BCUT2D eigenvalue weighted by atomic mass is 9.87. The highest BCUT2D eigenvalue weighted by Gasteiger charge is 2.41. The van der Waals surface area contributed by atoms with Crippen LogP contribution in [0.4, 0.5) is 18.3 Å². The van der Waals surface area contributed by atoms with Crippen LogP contribution in [0.15, 0.2) is 29.6 Å².